The number of halogens is 4. The molecule has 0 saturated heterocycles. The molecule has 1 aliphatic rings. The Morgan fingerprint density at radius 3 is 2.55 bits per heavy atom. The summed E-state index contributed by atoms with van der Waals surface area (Å²) >= 11 is 0. The van der Waals surface area contributed by atoms with Crippen LogP contribution in [0.5, 0.6) is 0 Å². The van der Waals surface area contributed by atoms with Gasteiger partial charge in [-0.05, 0) is 31.0 Å². The van der Waals surface area contributed by atoms with Crippen molar-refractivity contribution in [2.75, 3.05) is 6.54 Å². The summed E-state index contributed by atoms with van der Waals surface area (Å²) in [6, 6.07) is 1.83. The third-order valence-electron chi connectivity index (χ3n) is 3.10. The highest BCUT2D eigenvalue weighted by Gasteiger charge is 2.35. The molecule has 0 aromatic heterocycles. The van der Waals surface area contributed by atoms with Crippen molar-refractivity contribution < 1.29 is 22.4 Å². The number of benzene rings is 1. The van der Waals surface area contributed by atoms with Crippen molar-refractivity contribution in [3.8, 4) is 0 Å². The summed E-state index contributed by atoms with van der Waals surface area (Å²) in [4.78, 5) is 13.5. The number of hydrogen-bond acceptors (Lipinski definition) is 1. The number of hydrogen-bond donors (Lipinski definition) is 0. The molecule has 0 spiro atoms. The minimum atomic E-state index is -4.61. The topological polar surface area (TPSA) is 20.3 Å². The monoisotopic (exact) mass is 287 g/mol. The molecule has 0 N–H and O–H groups in total. The summed E-state index contributed by atoms with van der Waals surface area (Å²) in [6.45, 7) is 3.69. The van der Waals surface area contributed by atoms with Crippen molar-refractivity contribution in [2.45, 2.75) is 25.1 Å². The normalized spacial score (nSPS) is 15.0. The molecule has 1 aromatic rings. The van der Waals surface area contributed by atoms with Gasteiger partial charge in [0.15, 0.2) is 0 Å². The van der Waals surface area contributed by atoms with Crippen molar-refractivity contribution in [1.29, 1.82) is 0 Å². The van der Waals surface area contributed by atoms with Gasteiger partial charge in [-0.3, -0.25) is 4.79 Å². The highest BCUT2D eigenvalue weighted by Crippen LogP contribution is 2.32. The van der Waals surface area contributed by atoms with Crippen LogP contribution in [-0.2, 0) is 6.18 Å². The maximum atomic E-state index is 13.7. The average Bonchev–Trinajstić information content (AvgIpc) is 3.18. The molecule has 0 radical (unpaired) electrons. The van der Waals surface area contributed by atoms with Crippen LogP contribution in [0, 0.1) is 5.82 Å². The minimum absolute atomic E-state index is 0.0329. The first-order chi connectivity index (χ1) is 9.34. The van der Waals surface area contributed by atoms with E-state index in [0.717, 1.165) is 12.8 Å². The maximum Gasteiger partial charge on any atom is 0.416 e. The Morgan fingerprint density at radius 2 is 2.05 bits per heavy atom. The second kappa shape index (κ2) is 5.26. The standard InChI is InChI=1S/C14H13F4NO/c1-2-7-19(10-4-5-10)13(20)11-8-9(14(16,17)18)3-6-12(11)15/h2-3,6,8,10H,1,4-5,7H2. The Bertz CT molecular complexity index is 534. The molecule has 0 atom stereocenters. The van der Waals surface area contributed by atoms with Gasteiger partial charge in [0, 0.05) is 12.6 Å². The van der Waals surface area contributed by atoms with Crippen LogP contribution in [0.25, 0.3) is 0 Å². The zero-order valence-corrected chi connectivity index (χ0v) is 10.6. The number of amides is 1. The summed E-state index contributed by atoms with van der Waals surface area (Å²) < 4.78 is 51.5. The molecule has 6 heteroatoms. The highest BCUT2D eigenvalue weighted by atomic mass is 19.4. The van der Waals surface area contributed by atoms with Gasteiger partial charge in [-0.1, -0.05) is 6.08 Å². The van der Waals surface area contributed by atoms with E-state index in [-0.39, 0.29) is 12.6 Å². The molecule has 1 fully saturated rings. The molecule has 1 aliphatic carbocycles. The lowest BCUT2D eigenvalue weighted by Gasteiger charge is -2.21. The zero-order chi connectivity index (χ0) is 14.9. The molecule has 2 nitrogen and oxygen atoms in total. The van der Waals surface area contributed by atoms with Gasteiger partial charge in [-0.15, -0.1) is 6.58 Å². The first kappa shape index (κ1) is 14.6. The van der Waals surface area contributed by atoms with Crippen molar-refractivity contribution in [1.82, 2.24) is 4.90 Å². The molecule has 0 heterocycles. The summed E-state index contributed by atoms with van der Waals surface area (Å²) in [5, 5.41) is 0. The van der Waals surface area contributed by atoms with Gasteiger partial charge in [0.25, 0.3) is 5.91 Å². The van der Waals surface area contributed by atoms with Crippen molar-refractivity contribution in [3.63, 3.8) is 0 Å². The quantitative estimate of drug-likeness (QED) is 0.611. The van der Waals surface area contributed by atoms with Crippen LogP contribution in [0.3, 0.4) is 0 Å². The molecular weight excluding hydrogens is 274 g/mol. The van der Waals surface area contributed by atoms with E-state index in [1.54, 1.807) is 0 Å². The lowest BCUT2D eigenvalue weighted by molar-refractivity contribution is -0.137. The van der Waals surface area contributed by atoms with Crippen LogP contribution < -0.4 is 0 Å². The van der Waals surface area contributed by atoms with Crippen molar-refractivity contribution >= 4 is 5.91 Å². The molecule has 0 aliphatic heterocycles. The van der Waals surface area contributed by atoms with Crippen LogP contribution in [0.15, 0.2) is 30.9 Å². The molecule has 1 saturated carbocycles. The predicted molar refractivity (Wildman–Crippen MR) is 65.7 cm³/mol. The molecule has 108 valence electrons. The summed E-state index contributed by atoms with van der Waals surface area (Å²) in [7, 11) is 0. The van der Waals surface area contributed by atoms with Gasteiger partial charge in [-0.25, -0.2) is 4.39 Å². The molecule has 2 rings (SSSR count). The number of carbonyl (C=O) groups excluding carboxylic acids is 1. The van der Waals surface area contributed by atoms with E-state index in [1.807, 2.05) is 0 Å². The van der Waals surface area contributed by atoms with E-state index < -0.39 is 29.0 Å². The Labute approximate surface area is 113 Å². The highest BCUT2D eigenvalue weighted by molar-refractivity contribution is 5.95. The van der Waals surface area contributed by atoms with Crippen LogP contribution in [0.2, 0.25) is 0 Å². The van der Waals surface area contributed by atoms with Crippen LogP contribution in [-0.4, -0.2) is 23.4 Å². The minimum Gasteiger partial charge on any atom is -0.332 e. The fraction of sp³-hybridized carbons (Fsp3) is 0.357. The molecule has 0 unspecified atom stereocenters. The third kappa shape index (κ3) is 3.00. The molecule has 20 heavy (non-hydrogen) atoms. The van der Waals surface area contributed by atoms with Gasteiger partial charge < -0.3 is 4.90 Å². The van der Waals surface area contributed by atoms with Gasteiger partial charge in [0.05, 0.1) is 11.1 Å². The lowest BCUT2D eigenvalue weighted by atomic mass is 10.1. The number of rotatable bonds is 4. The Hall–Kier alpha value is -1.85. The summed E-state index contributed by atoms with van der Waals surface area (Å²) in [5.41, 5.74) is -1.58. The first-order valence-electron chi connectivity index (χ1n) is 6.13. The third-order valence-corrected chi connectivity index (χ3v) is 3.10. The predicted octanol–water partition coefficient (Wildman–Crippen LogP) is 3.64. The Balaban J connectivity index is 2.35. The first-order valence-corrected chi connectivity index (χ1v) is 6.13. The van der Waals surface area contributed by atoms with E-state index >= 15 is 0 Å². The largest absolute Gasteiger partial charge is 0.416 e. The molecule has 1 aromatic carbocycles. The number of carbonyl (C=O) groups is 1. The van der Waals surface area contributed by atoms with Crippen LogP contribution >= 0.6 is 0 Å². The smallest absolute Gasteiger partial charge is 0.332 e. The van der Waals surface area contributed by atoms with E-state index in [4.69, 9.17) is 0 Å². The van der Waals surface area contributed by atoms with E-state index in [0.29, 0.717) is 18.2 Å². The van der Waals surface area contributed by atoms with Crippen LogP contribution in [0.1, 0.15) is 28.8 Å². The van der Waals surface area contributed by atoms with Gasteiger partial charge in [-0.2, -0.15) is 13.2 Å². The maximum absolute atomic E-state index is 13.7. The van der Waals surface area contributed by atoms with Crippen molar-refractivity contribution in [2.24, 2.45) is 0 Å². The zero-order valence-electron chi connectivity index (χ0n) is 10.6. The average molecular weight is 287 g/mol. The second-order valence-electron chi connectivity index (χ2n) is 4.67. The van der Waals surface area contributed by atoms with Gasteiger partial charge >= 0.3 is 6.18 Å². The Kier molecular flexibility index (Phi) is 3.83. The Morgan fingerprint density at radius 1 is 1.40 bits per heavy atom. The molecule has 0 bridgehead atoms. The fourth-order valence-electron chi connectivity index (χ4n) is 1.94. The van der Waals surface area contributed by atoms with E-state index in [1.165, 1.54) is 11.0 Å². The molecule has 1 amide bonds. The van der Waals surface area contributed by atoms with Gasteiger partial charge in [0.2, 0.25) is 0 Å². The van der Waals surface area contributed by atoms with Crippen LogP contribution in [0.4, 0.5) is 17.6 Å². The second-order valence-corrected chi connectivity index (χ2v) is 4.67. The summed E-state index contributed by atoms with van der Waals surface area (Å²) in [5.74, 6) is -1.67. The SMILES string of the molecule is C=CCN(C(=O)c1cc(C(F)(F)F)ccc1F)C1CC1. The van der Waals surface area contributed by atoms with E-state index in [9.17, 15) is 22.4 Å². The number of alkyl halides is 3. The van der Waals surface area contributed by atoms with E-state index in [2.05, 4.69) is 6.58 Å². The van der Waals surface area contributed by atoms with Gasteiger partial charge in [0.1, 0.15) is 5.82 Å². The fourth-order valence-corrected chi connectivity index (χ4v) is 1.94. The van der Waals surface area contributed by atoms with Crippen molar-refractivity contribution in [3.05, 3.63) is 47.8 Å². The summed E-state index contributed by atoms with van der Waals surface area (Å²) in [6.07, 6.45) is -1.58. The lowest BCUT2D eigenvalue weighted by Crippen LogP contribution is -2.34. The molecular formula is C14H13F4NO. The number of nitrogens with zero attached hydrogens (tertiary/aromatic N) is 1.